The molecule has 0 saturated carbocycles. The molecule has 3 rings (SSSR count). The normalized spacial score (nSPS) is 12.7. The Morgan fingerprint density at radius 1 is 0.500 bits per heavy atom. The number of hydrogen-bond donors (Lipinski definition) is 0. The number of benzene rings is 3. The van der Waals surface area contributed by atoms with Gasteiger partial charge in [0.05, 0.1) is 16.7 Å². The Bertz CT molecular complexity index is 1820. The van der Waals surface area contributed by atoms with E-state index < -0.39 is 40.8 Å². The molecule has 0 saturated heterocycles. The van der Waals surface area contributed by atoms with Crippen molar-refractivity contribution < 1.29 is 58.5 Å². The molecular formula is C42H56O12. The molecule has 1 atom stereocenters. The molecule has 0 heterocycles. The highest BCUT2D eigenvalue weighted by Crippen LogP contribution is 2.33. The number of ether oxygens (including phenoxy) is 3. The van der Waals surface area contributed by atoms with Gasteiger partial charge in [-0.05, 0) is 157 Å². The third kappa shape index (κ3) is 13.3. The van der Waals surface area contributed by atoms with Crippen LogP contribution in [0.2, 0.25) is 0 Å². The van der Waals surface area contributed by atoms with E-state index in [0.29, 0.717) is 44.5 Å². The third-order valence-electron chi connectivity index (χ3n) is 7.70. The molecule has 0 bridgehead atoms. The summed E-state index contributed by atoms with van der Waals surface area (Å²) in [4.78, 5) is 51.1. The van der Waals surface area contributed by atoms with Gasteiger partial charge in [0.1, 0.15) is 29.5 Å². The molecule has 3 aromatic carbocycles. The maximum absolute atomic E-state index is 13.6. The second-order valence-electron chi connectivity index (χ2n) is 16.6. The van der Waals surface area contributed by atoms with Crippen LogP contribution >= 0.6 is 0 Å². The van der Waals surface area contributed by atoms with Crippen molar-refractivity contribution in [2.24, 2.45) is 0 Å². The van der Waals surface area contributed by atoms with Crippen molar-refractivity contribution in [2.75, 3.05) is 0 Å². The molecule has 1 unspecified atom stereocenters. The first-order chi connectivity index (χ1) is 24.8. The quantitative estimate of drug-likeness (QED) is 0.0510. The molecule has 0 aromatic heterocycles. The van der Waals surface area contributed by atoms with E-state index in [1.807, 2.05) is 52.0 Å². The molecule has 0 spiro atoms. The lowest BCUT2D eigenvalue weighted by Gasteiger charge is -2.25. The largest absolute Gasteiger partial charge is 0.456 e. The number of carbonyl (C=O) groups is 3. The van der Waals surface area contributed by atoms with Gasteiger partial charge in [0.25, 0.3) is 0 Å². The molecule has 54 heavy (non-hydrogen) atoms. The summed E-state index contributed by atoms with van der Waals surface area (Å²) < 4.78 is 17.1. The van der Waals surface area contributed by atoms with Crippen LogP contribution in [0.1, 0.15) is 150 Å². The van der Waals surface area contributed by atoms with E-state index in [9.17, 15) is 14.4 Å². The van der Waals surface area contributed by atoms with Crippen molar-refractivity contribution in [2.45, 2.75) is 140 Å². The number of esters is 3. The van der Waals surface area contributed by atoms with Gasteiger partial charge in [-0.3, -0.25) is 0 Å². The first-order valence-electron chi connectivity index (χ1n) is 17.8. The van der Waals surface area contributed by atoms with Gasteiger partial charge in [-0.2, -0.15) is 9.78 Å². The molecule has 12 heteroatoms. The summed E-state index contributed by atoms with van der Waals surface area (Å²) in [6.45, 7) is 27.0. The van der Waals surface area contributed by atoms with Gasteiger partial charge in [0.15, 0.2) is 0 Å². The Kier molecular flexibility index (Phi) is 14.7. The predicted molar refractivity (Wildman–Crippen MR) is 200 cm³/mol. The molecule has 12 nitrogen and oxygen atoms in total. The summed E-state index contributed by atoms with van der Waals surface area (Å²) in [5.74, 6) is -1.58. The molecule has 0 aliphatic heterocycles. The van der Waals surface area contributed by atoms with Crippen molar-refractivity contribution in [1.82, 2.24) is 0 Å². The molecule has 0 fully saturated rings. The average molecular weight is 753 g/mol. The van der Waals surface area contributed by atoms with Gasteiger partial charge in [-0.15, -0.1) is 0 Å². The SMILES string of the molecule is Cc1cc(C)c(C(=O)OC(C)(C)C)c(COOOOOOC(Cc2cc(C)cc(C)c2C(=O)OC(C)(C)C)c2cc(C)cc(C)c2C(=O)OC(C)(C)C)c1. The zero-order chi connectivity index (χ0) is 40.8. The average Bonchev–Trinajstić information content (AvgIpc) is 2.96. The molecule has 3 aromatic rings. The first kappa shape index (κ1) is 44.2. The molecule has 0 amide bonds. The minimum absolute atomic E-state index is 0.0383. The fourth-order valence-corrected chi connectivity index (χ4v) is 6.08. The summed E-state index contributed by atoms with van der Waals surface area (Å²) in [6, 6.07) is 11.0. The van der Waals surface area contributed by atoms with Crippen LogP contribution in [-0.2, 0) is 57.2 Å². The Hall–Kier alpha value is -4.17. The topological polar surface area (TPSA) is 134 Å². The standard InChI is InChI=1S/C42H56O12/c1-24-16-27(4)34(37(43)47-40(7,8)9)30(19-24)22-33(32-21-26(3)18-29(6)36(32)39(45)49-42(13,14)15)50-52-54-53-51-46-23-31-20-25(2)17-28(5)35(31)38(44)48-41(10,11)12/h16-21,33H,22-23H2,1-15H3. The summed E-state index contributed by atoms with van der Waals surface area (Å²) in [6.07, 6.45) is -1.01. The Morgan fingerprint density at radius 3 is 1.37 bits per heavy atom. The minimum Gasteiger partial charge on any atom is -0.456 e. The summed E-state index contributed by atoms with van der Waals surface area (Å²) in [5, 5.41) is 19.1. The van der Waals surface area contributed by atoms with E-state index in [-0.39, 0.29) is 18.6 Å². The fourth-order valence-electron chi connectivity index (χ4n) is 6.08. The monoisotopic (exact) mass is 752 g/mol. The van der Waals surface area contributed by atoms with Crippen LogP contribution < -0.4 is 0 Å². The van der Waals surface area contributed by atoms with Crippen molar-refractivity contribution in [1.29, 1.82) is 0 Å². The predicted octanol–water partition coefficient (Wildman–Crippen LogP) is 9.56. The zero-order valence-corrected chi connectivity index (χ0v) is 34.4. The summed E-state index contributed by atoms with van der Waals surface area (Å²) in [5.41, 5.74) is 4.93. The van der Waals surface area contributed by atoms with Gasteiger partial charge in [0, 0.05) is 6.42 Å². The van der Waals surface area contributed by atoms with Crippen LogP contribution in [-0.4, -0.2) is 34.7 Å². The third-order valence-corrected chi connectivity index (χ3v) is 7.70. The van der Waals surface area contributed by atoms with Gasteiger partial charge < -0.3 is 14.2 Å². The highest BCUT2D eigenvalue weighted by Gasteiger charge is 2.31. The lowest BCUT2D eigenvalue weighted by Crippen LogP contribution is -2.27. The van der Waals surface area contributed by atoms with E-state index in [0.717, 1.165) is 16.7 Å². The van der Waals surface area contributed by atoms with E-state index in [4.69, 9.17) is 39.1 Å². The maximum atomic E-state index is 13.6. The zero-order valence-electron chi connectivity index (χ0n) is 34.4. The lowest BCUT2D eigenvalue weighted by molar-refractivity contribution is -0.761. The molecule has 0 radical (unpaired) electrons. The van der Waals surface area contributed by atoms with Crippen molar-refractivity contribution in [3.63, 3.8) is 0 Å². The van der Waals surface area contributed by atoms with E-state index in [2.05, 4.69) is 5.04 Å². The Balaban J connectivity index is 1.88. The highest BCUT2D eigenvalue weighted by atomic mass is 17.8. The van der Waals surface area contributed by atoms with E-state index in [1.165, 1.54) is 0 Å². The van der Waals surface area contributed by atoms with Crippen molar-refractivity contribution in [3.8, 4) is 0 Å². The molecule has 0 N–H and O–H groups in total. The van der Waals surface area contributed by atoms with Gasteiger partial charge in [0.2, 0.25) is 0 Å². The Labute approximate surface area is 318 Å². The number of hydrogen-bond acceptors (Lipinski definition) is 12. The molecule has 296 valence electrons. The number of rotatable bonds is 14. The molecule has 0 aliphatic rings. The maximum Gasteiger partial charge on any atom is 0.339 e. The van der Waals surface area contributed by atoms with Crippen LogP contribution in [0.15, 0.2) is 36.4 Å². The van der Waals surface area contributed by atoms with E-state index >= 15 is 0 Å². The van der Waals surface area contributed by atoms with Crippen LogP contribution in [0.3, 0.4) is 0 Å². The van der Waals surface area contributed by atoms with Crippen LogP contribution in [0.5, 0.6) is 0 Å². The fraction of sp³-hybridized carbons (Fsp3) is 0.500. The van der Waals surface area contributed by atoms with Crippen LogP contribution in [0, 0.1) is 41.5 Å². The second kappa shape index (κ2) is 18.0. The summed E-state index contributed by atoms with van der Waals surface area (Å²) >= 11 is 0. The highest BCUT2D eigenvalue weighted by molar-refractivity contribution is 5.95. The first-order valence-corrected chi connectivity index (χ1v) is 17.8. The summed E-state index contributed by atoms with van der Waals surface area (Å²) in [7, 11) is 0. The second-order valence-corrected chi connectivity index (χ2v) is 16.6. The van der Waals surface area contributed by atoms with Crippen molar-refractivity contribution in [3.05, 3.63) is 103 Å². The molecule has 0 aliphatic carbocycles. The van der Waals surface area contributed by atoms with E-state index in [1.54, 1.807) is 88.3 Å². The minimum atomic E-state index is -1.05. The lowest BCUT2D eigenvalue weighted by atomic mass is 9.89. The number of aryl methyl sites for hydroxylation is 6. The van der Waals surface area contributed by atoms with Gasteiger partial charge in [-0.1, -0.05) is 53.1 Å². The molecular weight excluding hydrogens is 696 g/mol. The van der Waals surface area contributed by atoms with Crippen LogP contribution in [0.25, 0.3) is 0 Å². The number of carbonyl (C=O) groups excluding carboxylic acids is 3. The smallest absolute Gasteiger partial charge is 0.339 e. The van der Waals surface area contributed by atoms with Gasteiger partial charge >= 0.3 is 17.9 Å². The van der Waals surface area contributed by atoms with Crippen molar-refractivity contribution >= 4 is 17.9 Å². The Morgan fingerprint density at radius 2 is 0.889 bits per heavy atom. The van der Waals surface area contributed by atoms with Gasteiger partial charge in [-0.25, -0.2) is 14.4 Å². The van der Waals surface area contributed by atoms with Crippen LogP contribution in [0.4, 0.5) is 0 Å².